The third-order valence-electron chi connectivity index (χ3n) is 3.64. The molecule has 1 aliphatic rings. The number of nitrogens with one attached hydrogen (secondary N) is 2. The zero-order chi connectivity index (χ0) is 18.8. The largest absolute Gasteiger partial charge is 0.408 e. The first-order valence-corrected chi connectivity index (χ1v) is 8.00. The minimum Gasteiger partial charge on any atom is -0.386 e. The van der Waals surface area contributed by atoms with Crippen molar-refractivity contribution in [1.82, 2.24) is 15.0 Å². The molecule has 140 valence electrons. The monoisotopic (exact) mass is 363 g/mol. The molecule has 0 amide bonds. The Balaban J connectivity index is 2.42. The van der Waals surface area contributed by atoms with Crippen LogP contribution in [0.1, 0.15) is 45.9 Å². The highest BCUT2D eigenvalue weighted by atomic mass is 19.4. The van der Waals surface area contributed by atoms with E-state index in [-0.39, 0.29) is 35.8 Å². The average molecular weight is 363 g/mol. The van der Waals surface area contributed by atoms with Gasteiger partial charge in [0.1, 0.15) is 18.0 Å². The van der Waals surface area contributed by atoms with Gasteiger partial charge in [-0.2, -0.15) is 28.1 Å². The molecule has 0 aliphatic heterocycles. The van der Waals surface area contributed by atoms with Gasteiger partial charge in [0.15, 0.2) is 5.82 Å². The molecule has 2 atom stereocenters. The molecular weight excluding hydrogens is 342 g/mol. The fraction of sp³-hybridized carbons (Fsp3) is 0.667. The fourth-order valence-electron chi connectivity index (χ4n) is 2.31. The van der Waals surface area contributed by atoms with E-state index < -0.39 is 24.1 Å². The quantitative estimate of drug-likeness (QED) is 0.697. The van der Waals surface area contributed by atoms with E-state index in [1.165, 1.54) is 0 Å². The lowest BCUT2D eigenvalue weighted by atomic mass is 9.96. The normalized spacial score (nSPS) is 20.0. The van der Waals surface area contributed by atoms with E-state index in [0.717, 1.165) is 6.92 Å². The Hall–Kier alpha value is -1.97. The Bertz CT molecular complexity index is 647. The van der Waals surface area contributed by atoms with Gasteiger partial charge in [-0.05, 0) is 40.0 Å². The van der Waals surface area contributed by atoms with Crippen molar-refractivity contribution >= 4 is 17.5 Å². The molecule has 0 spiro atoms. The molecule has 3 N–H and O–H groups in total. The highest BCUT2D eigenvalue weighted by molar-refractivity contribution is 5.65. The van der Waals surface area contributed by atoms with Crippen molar-refractivity contribution < 1.29 is 22.7 Å². The van der Waals surface area contributed by atoms with Crippen molar-refractivity contribution in [3.8, 4) is 0 Å². The van der Waals surface area contributed by atoms with Crippen molar-refractivity contribution in [3.63, 3.8) is 0 Å². The summed E-state index contributed by atoms with van der Waals surface area (Å²) >= 11 is 0. The first-order valence-electron chi connectivity index (χ1n) is 8.00. The zero-order valence-corrected chi connectivity index (χ0v) is 14.2. The van der Waals surface area contributed by atoms with Crippen molar-refractivity contribution in [3.05, 3.63) is 11.7 Å². The van der Waals surface area contributed by atoms with E-state index in [4.69, 9.17) is 0 Å². The summed E-state index contributed by atoms with van der Waals surface area (Å²) in [5.74, 6) is -1.09. The maximum Gasteiger partial charge on any atom is 0.408 e. The van der Waals surface area contributed by atoms with Gasteiger partial charge in [-0.3, -0.25) is 0 Å². The molecule has 0 saturated heterocycles. The van der Waals surface area contributed by atoms with Crippen LogP contribution >= 0.6 is 0 Å². The van der Waals surface area contributed by atoms with Gasteiger partial charge in [0.05, 0.1) is 0 Å². The average Bonchev–Trinajstić information content (AvgIpc) is 2.48. The maximum absolute atomic E-state index is 14.2. The minimum absolute atomic E-state index is 0.0391. The SMILES string of the molecule is CC(C)Nc1nc(NC(C)C(F)(F)F)nc(C2=C(F)C(O)CCC2)n1. The predicted molar refractivity (Wildman–Crippen MR) is 85.6 cm³/mol. The Labute approximate surface area is 142 Å². The number of aliphatic hydroxyl groups is 1. The second-order valence-electron chi connectivity index (χ2n) is 6.25. The van der Waals surface area contributed by atoms with Gasteiger partial charge in [-0.15, -0.1) is 0 Å². The first-order chi connectivity index (χ1) is 11.6. The van der Waals surface area contributed by atoms with E-state index in [1.807, 2.05) is 0 Å². The number of hydrogen-bond acceptors (Lipinski definition) is 6. The van der Waals surface area contributed by atoms with Crippen molar-refractivity contribution in [2.75, 3.05) is 10.6 Å². The molecule has 2 rings (SSSR count). The predicted octanol–water partition coefficient (Wildman–Crippen LogP) is 3.28. The maximum atomic E-state index is 14.2. The molecule has 1 aromatic rings. The summed E-state index contributed by atoms with van der Waals surface area (Å²) in [5.41, 5.74) is 0.0932. The molecule has 0 saturated carbocycles. The molecule has 6 nitrogen and oxygen atoms in total. The molecule has 0 aromatic carbocycles. The topological polar surface area (TPSA) is 83.0 Å². The summed E-state index contributed by atoms with van der Waals surface area (Å²) in [6, 6.07) is -1.97. The van der Waals surface area contributed by atoms with Crippen LogP contribution in [0.15, 0.2) is 5.83 Å². The van der Waals surface area contributed by atoms with Gasteiger partial charge in [0.2, 0.25) is 11.9 Å². The van der Waals surface area contributed by atoms with Crippen molar-refractivity contribution in [2.45, 2.75) is 64.4 Å². The number of allylic oxidation sites excluding steroid dienone is 1. The second-order valence-corrected chi connectivity index (χ2v) is 6.25. The van der Waals surface area contributed by atoms with Crippen LogP contribution in [0, 0.1) is 0 Å². The van der Waals surface area contributed by atoms with Crippen LogP contribution in [0.25, 0.3) is 5.57 Å². The third-order valence-corrected chi connectivity index (χ3v) is 3.64. The number of aromatic nitrogens is 3. The van der Waals surface area contributed by atoms with E-state index in [1.54, 1.807) is 13.8 Å². The van der Waals surface area contributed by atoms with E-state index >= 15 is 0 Å². The van der Waals surface area contributed by atoms with Crippen LogP contribution in [-0.4, -0.2) is 44.4 Å². The second kappa shape index (κ2) is 7.51. The number of anilines is 2. The van der Waals surface area contributed by atoms with E-state index in [0.29, 0.717) is 12.8 Å². The lowest BCUT2D eigenvalue weighted by Crippen LogP contribution is -2.34. The summed E-state index contributed by atoms with van der Waals surface area (Å²) in [5, 5.41) is 14.7. The highest BCUT2D eigenvalue weighted by Gasteiger charge is 2.36. The Morgan fingerprint density at radius 3 is 2.24 bits per heavy atom. The van der Waals surface area contributed by atoms with Crippen LogP contribution in [0.5, 0.6) is 0 Å². The van der Waals surface area contributed by atoms with E-state index in [2.05, 4.69) is 25.6 Å². The van der Waals surface area contributed by atoms with Crippen LogP contribution < -0.4 is 10.6 Å². The Kier molecular flexibility index (Phi) is 5.81. The third kappa shape index (κ3) is 5.00. The summed E-state index contributed by atoms with van der Waals surface area (Å²) in [4.78, 5) is 11.9. The first kappa shape index (κ1) is 19.4. The van der Waals surface area contributed by atoms with Crippen LogP contribution in [0.4, 0.5) is 29.5 Å². The molecule has 1 aliphatic carbocycles. The van der Waals surface area contributed by atoms with E-state index in [9.17, 15) is 22.7 Å². The summed E-state index contributed by atoms with van der Waals surface area (Å²) < 4.78 is 52.5. The molecule has 0 fully saturated rings. The van der Waals surface area contributed by atoms with Crippen molar-refractivity contribution in [2.24, 2.45) is 0 Å². The van der Waals surface area contributed by atoms with Gasteiger partial charge in [-0.25, -0.2) is 4.39 Å². The Morgan fingerprint density at radius 1 is 1.08 bits per heavy atom. The van der Waals surface area contributed by atoms with Gasteiger partial charge >= 0.3 is 6.18 Å². The Morgan fingerprint density at radius 2 is 1.68 bits per heavy atom. The van der Waals surface area contributed by atoms with Crippen LogP contribution in [0.3, 0.4) is 0 Å². The summed E-state index contributed by atoms with van der Waals surface area (Å²) in [7, 11) is 0. The summed E-state index contributed by atoms with van der Waals surface area (Å²) in [6.45, 7) is 4.54. The zero-order valence-electron chi connectivity index (χ0n) is 14.2. The van der Waals surface area contributed by atoms with Gasteiger partial charge in [0.25, 0.3) is 0 Å². The van der Waals surface area contributed by atoms with Gasteiger partial charge in [0, 0.05) is 11.6 Å². The highest BCUT2D eigenvalue weighted by Crippen LogP contribution is 2.32. The molecule has 0 bridgehead atoms. The van der Waals surface area contributed by atoms with Gasteiger partial charge in [-0.1, -0.05) is 0 Å². The van der Waals surface area contributed by atoms with Gasteiger partial charge < -0.3 is 15.7 Å². The lowest BCUT2D eigenvalue weighted by molar-refractivity contribution is -0.138. The molecule has 2 unspecified atom stereocenters. The molecule has 25 heavy (non-hydrogen) atoms. The smallest absolute Gasteiger partial charge is 0.386 e. The standard InChI is InChI=1S/C15H21F4N5O/c1-7(2)20-13-22-12(9-5-4-6-10(25)11(9)16)23-14(24-13)21-8(3)15(17,18)19/h7-8,10,25H,4-6H2,1-3H3,(H2,20,21,22,23,24). The number of halogens is 4. The molecule has 0 radical (unpaired) electrons. The lowest BCUT2D eigenvalue weighted by Gasteiger charge is -2.21. The number of nitrogens with zero attached hydrogens (tertiary/aromatic N) is 3. The number of rotatable bonds is 5. The molecular formula is C15H21F4N5O. The van der Waals surface area contributed by atoms with Crippen molar-refractivity contribution in [1.29, 1.82) is 0 Å². The minimum atomic E-state index is -4.48. The molecule has 1 aromatic heterocycles. The number of alkyl halides is 3. The molecule has 1 heterocycles. The van der Waals surface area contributed by atoms with Crippen LogP contribution in [-0.2, 0) is 0 Å². The molecule has 10 heteroatoms. The summed E-state index contributed by atoms with van der Waals surface area (Å²) in [6.07, 6.45) is -4.61. The number of hydrogen-bond donors (Lipinski definition) is 3. The van der Waals surface area contributed by atoms with Crippen LogP contribution in [0.2, 0.25) is 0 Å². The number of aliphatic hydroxyl groups excluding tert-OH is 1. The fourth-order valence-corrected chi connectivity index (χ4v) is 2.31.